The number of rotatable bonds is 3. The molecule has 0 radical (unpaired) electrons. The molecule has 0 aliphatic heterocycles. The highest BCUT2D eigenvalue weighted by Gasteiger charge is 2.31. The molecule has 2 fully saturated rings. The van der Waals surface area contributed by atoms with Gasteiger partial charge in [0.1, 0.15) is 5.69 Å². The van der Waals surface area contributed by atoms with Crippen molar-refractivity contribution in [3.63, 3.8) is 0 Å². The van der Waals surface area contributed by atoms with Gasteiger partial charge in [-0.15, -0.1) is 0 Å². The Labute approximate surface area is 89.5 Å². The van der Waals surface area contributed by atoms with Crippen molar-refractivity contribution >= 4 is 6.29 Å². The predicted molar refractivity (Wildman–Crippen MR) is 57.1 cm³/mol. The summed E-state index contributed by atoms with van der Waals surface area (Å²) in [6.07, 6.45) is 8.51. The molecule has 3 rings (SSSR count). The molecule has 3 heteroatoms. The third kappa shape index (κ3) is 1.60. The van der Waals surface area contributed by atoms with Gasteiger partial charge in [-0.1, -0.05) is 12.8 Å². The molecule has 0 unspecified atom stereocenters. The molecule has 0 N–H and O–H groups in total. The Hall–Kier alpha value is -1.12. The Bertz CT molecular complexity index is 373. The van der Waals surface area contributed by atoms with Crippen molar-refractivity contribution in [2.45, 2.75) is 50.5 Å². The van der Waals surface area contributed by atoms with Gasteiger partial charge in [0.05, 0.1) is 6.04 Å². The van der Waals surface area contributed by atoms with E-state index in [9.17, 15) is 4.79 Å². The number of aromatic nitrogens is 2. The summed E-state index contributed by atoms with van der Waals surface area (Å²) < 4.78 is 2.15. The second kappa shape index (κ2) is 3.47. The lowest BCUT2D eigenvalue weighted by molar-refractivity contribution is 0.111. The number of hydrogen-bond acceptors (Lipinski definition) is 2. The number of carbonyl (C=O) groups excluding carboxylic acids is 1. The topological polar surface area (TPSA) is 34.9 Å². The maximum Gasteiger partial charge on any atom is 0.170 e. The molecule has 1 aromatic rings. The van der Waals surface area contributed by atoms with Gasteiger partial charge in [-0.05, 0) is 31.7 Å². The van der Waals surface area contributed by atoms with Gasteiger partial charge < -0.3 is 0 Å². The molecule has 0 atom stereocenters. The van der Waals surface area contributed by atoms with Crippen LogP contribution in [-0.2, 0) is 0 Å². The van der Waals surface area contributed by atoms with Crippen LogP contribution in [0.3, 0.4) is 0 Å². The molecule has 1 heterocycles. The maximum absolute atomic E-state index is 10.8. The van der Waals surface area contributed by atoms with Crippen LogP contribution >= 0.6 is 0 Å². The molecule has 15 heavy (non-hydrogen) atoms. The van der Waals surface area contributed by atoms with E-state index in [-0.39, 0.29) is 0 Å². The summed E-state index contributed by atoms with van der Waals surface area (Å²) in [6, 6.07) is 2.55. The van der Waals surface area contributed by atoms with Crippen LogP contribution in [0.4, 0.5) is 0 Å². The average Bonchev–Trinajstić information content (AvgIpc) is 2.83. The van der Waals surface area contributed by atoms with E-state index in [0.717, 1.165) is 6.29 Å². The van der Waals surface area contributed by atoms with Gasteiger partial charge >= 0.3 is 0 Å². The summed E-state index contributed by atoms with van der Waals surface area (Å²) >= 11 is 0. The van der Waals surface area contributed by atoms with Crippen molar-refractivity contribution in [3.8, 4) is 0 Å². The first-order valence-electron chi connectivity index (χ1n) is 5.93. The summed E-state index contributed by atoms with van der Waals surface area (Å²) in [4.78, 5) is 10.8. The first-order chi connectivity index (χ1) is 7.38. The lowest BCUT2D eigenvalue weighted by atomic mass is 10.2. The van der Waals surface area contributed by atoms with E-state index in [1.165, 1.54) is 44.2 Å². The summed E-state index contributed by atoms with van der Waals surface area (Å²) in [5.41, 5.74) is 1.92. The largest absolute Gasteiger partial charge is 0.296 e. The lowest BCUT2D eigenvalue weighted by Crippen LogP contribution is -2.10. The Morgan fingerprint density at radius 1 is 1.27 bits per heavy atom. The standard InChI is InChI=1S/C12H16N2O/c15-8-10-7-12(9-5-6-9)14(13-10)11-3-1-2-4-11/h7-9,11H,1-6H2. The Morgan fingerprint density at radius 2 is 2.00 bits per heavy atom. The van der Waals surface area contributed by atoms with Crippen LogP contribution in [0.1, 0.15) is 66.7 Å². The van der Waals surface area contributed by atoms with E-state index >= 15 is 0 Å². The smallest absolute Gasteiger partial charge is 0.170 e. The van der Waals surface area contributed by atoms with Crippen LogP contribution in [0.15, 0.2) is 6.07 Å². The molecule has 1 aromatic heterocycles. The van der Waals surface area contributed by atoms with E-state index in [2.05, 4.69) is 9.78 Å². The summed E-state index contributed by atoms with van der Waals surface area (Å²) in [7, 11) is 0. The van der Waals surface area contributed by atoms with Crippen molar-refractivity contribution in [3.05, 3.63) is 17.5 Å². The number of hydrogen-bond donors (Lipinski definition) is 0. The second-order valence-electron chi connectivity index (χ2n) is 4.77. The highest BCUT2D eigenvalue weighted by Crippen LogP contribution is 2.42. The molecule has 0 aromatic carbocycles. The molecular weight excluding hydrogens is 188 g/mol. The zero-order valence-electron chi connectivity index (χ0n) is 8.85. The van der Waals surface area contributed by atoms with Gasteiger partial charge in [0.25, 0.3) is 0 Å². The minimum atomic E-state index is 0.564. The maximum atomic E-state index is 10.8. The van der Waals surface area contributed by atoms with Crippen molar-refractivity contribution in [2.75, 3.05) is 0 Å². The normalized spacial score (nSPS) is 22.1. The minimum Gasteiger partial charge on any atom is -0.296 e. The fraction of sp³-hybridized carbons (Fsp3) is 0.667. The van der Waals surface area contributed by atoms with Gasteiger partial charge in [0, 0.05) is 11.6 Å². The average molecular weight is 204 g/mol. The Kier molecular flexibility index (Phi) is 2.11. The fourth-order valence-electron chi connectivity index (χ4n) is 2.61. The SMILES string of the molecule is O=Cc1cc(C2CC2)n(C2CCCC2)n1. The highest BCUT2D eigenvalue weighted by molar-refractivity contribution is 5.71. The molecule has 3 nitrogen and oxygen atoms in total. The molecule has 2 aliphatic rings. The van der Waals surface area contributed by atoms with Crippen LogP contribution < -0.4 is 0 Å². The molecule has 2 aliphatic carbocycles. The van der Waals surface area contributed by atoms with Crippen molar-refractivity contribution < 1.29 is 4.79 Å². The van der Waals surface area contributed by atoms with Crippen LogP contribution in [0.5, 0.6) is 0 Å². The molecule has 2 saturated carbocycles. The van der Waals surface area contributed by atoms with Gasteiger partial charge in [-0.25, -0.2) is 0 Å². The van der Waals surface area contributed by atoms with Crippen molar-refractivity contribution in [1.29, 1.82) is 0 Å². The Balaban J connectivity index is 1.95. The van der Waals surface area contributed by atoms with Crippen LogP contribution in [0.2, 0.25) is 0 Å². The van der Waals surface area contributed by atoms with Gasteiger partial charge in [0.15, 0.2) is 6.29 Å². The van der Waals surface area contributed by atoms with Gasteiger partial charge in [-0.3, -0.25) is 9.48 Å². The van der Waals surface area contributed by atoms with Gasteiger partial charge in [-0.2, -0.15) is 5.10 Å². The number of carbonyl (C=O) groups is 1. The fourth-order valence-corrected chi connectivity index (χ4v) is 2.61. The van der Waals surface area contributed by atoms with E-state index in [4.69, 9.17) is 0 Å². The predicted octanol–water partition coefficient (Wildman–Crippen LogP) is 2.69. The van der Waals surface area contributed by atoms with E-state index in [1.54, 1.807) is 0 Å². The van der Waals surface area contributed by atoms with Crippen LogP contribution in [0.25, 0.3) is 0 Å². The third-order valence-electron chi connectivity index (χ3n) is 3.57. The minimum absolute atomic E-state index is 0.564. The summed E-state index contributed by atoms with van der Waals surface area (Å²) in [6.45, 7) is 0. The zero-order valence-corrected chi connectivity index (χ0v) is 8.85. The van der Waals surface area contributed by atoms with Crippen LogP contribution in [0, 0.1) is 0 Å². The van der Waals surface area contributed by atoms with Crippen molar-refractivity contribution in [2.24, 2.45) is 0 Å². The third-order valence-corrected chi connectivity index (χ3v) is 3.57. The molecule has 0 saturated heterocycles. The van der Waals surface area contributed by atoms with Crippen LogP contribution in [-0.4, -0.2) is 16.1 Å². The van der Waals surface area contributed by atoms with Crippen molar-refractivity contribution in [1.82, 2.24) is 9.78 Å². The zero-order chi connectivity index (χ0) is 10.3. The molecular formula is C12H16N2O. The van der Waals surface area contributed by atoms with Gasteiger partial charge in [0.2, 0.25) is 0 Å². The van der Waals surface area contributed by atoms with E-state index in [0.29, 0.717) is 17.7 Å². The lowest BCUT2D eigenvalue weighted by Gasteiger charge is -2.13. The first-order valence-corrected chi connectivity index (χ1v) is 5.93. The molecule has 0 bridgehead atoms. The molecule has 0 spiro atoms. The highest BCUT2D eigenvalue weighted by atomic mass is 16.1. The molecule has 0 amide bonds. The summed E-state index contributed by atoms with van der Waals surface area (Å²) in [5.74, 6) is 0.687. The monoisotopic (exact) mass is 204 g/mol. The van der Waals surface area contributed by atoms with E-state index < -0.39 is 0 Å². The Morgan fingerprint density at radius 3 is 2.60 bits per heavy atom. The first kappa shape index (κ1) is 9.13. The number of aldehydes is 1. The molecule has 80 valence electrons. The quantitative estimate of drug-likeness (QED) is 0.709. The van der Waals surface area contributed by atoms with E-state index in [1.807, 2.05) is 6.07 Å². The number of nitrogens with zero attached hydrogens (tertiary/aromatic N) is 2. The summed E-state index contributed by atoms with van der Waals surface area (Å²) in [5, 5.41) is 4.42. The second-order valence-corrected chi connectivity index (χ2v) is 4.77.